The van der Waals surface area contributed by atoms with Gasteiger partial charge < -0.3 is 14.9 Å². The molecule has 0 aromatic heterocycles. The fraction of sp³-hybridized carbons (Fsp3) is 1.00. The van der Waals surface area contributed by atoms with Gasteiger partial charge in [0.2, 0.25) is 0 Å². The highest BCUT2D eigenvalue weighted by atomic mass is 16.3. The van der Waals surface area contributed by atoms with Gasteiger partial charge in [-0.15, -0.1) is 0 Å². The van der Waals surface area contributed by atoms with Crippen molar-refractivity contribution < 1.29 is 5.11 Å². The molecule has 3 nitrogen and oxygen atoms in total. The molecular formula is C13H24N2O. The van der Waals surface area contributed by atoms with Crippen molar-refractivity contribution in [2.75, 3.05) is 39.3 Å². The summed E-state index contributed by atoms with van der Waals surface area (Å²) in [5.41, 5.74) is 0.276. The molecule has 0 aromatic carbocycles. The summed E-state index contributed by atoms with van der Waals surface area (Å²) in [6.07, 6.45) is 2.27. The number of hydrogen-bond donors (Lipinski definition) is 1. The Balaban J connectivity index is 1.99. The Morgan fingerprint density at radius 1 is 1.12 bits per heavy atom. The minimum Gasteiger partial charge on any atom is -0.392 e. The van der Waals surface area contributed by atoms with E-state index < -0.39 is 0 Å². The lowest BCUT2D eigenvalue weighted by atomic mass is 9.61. The molecule has 1 N–H and O–H groups in total. The molecule has 4 fully saturated rings. The van der Waals surface area contributed by atoms with Crippen LogP contribution in [0.25, 0.3) is 0 Å². The summed E-state index contributed by atoms with van der Waals surface area (Å²) in [5, 5.41) is 10.7. The van der Waals surface area contributed by atoms with Crippen LogP contribution in [0.2, 0.25) is 0 Å². The lowest BCUT2D eigenvalue weighted by Crippen LogP contribution is -2.68. The van der Waals surface area contributed by atoms with Crippen LogP contribution in [0.5, 0.6) is 0 Å². The molecule has 3 atom stereocenters. The molecule has 0 aromatic rings. The fourth-order valence-electron chi connectivity index (χ4n) is 4.60. The van der Waals surface area contributed by atoms with E-state index in [1.807, 2.05) is 0 Å². The number of rotatable bonds is 2. The highest BCUT2D eigenvalue weighted by molar-refractivity contribution is 5.10. The predicted molar refractivity (Wildman–Crippen MR) is 64.3 cm³/mol. The third-order valence-corrected chi connectivity index (χ3v) is 4.97. The van der Waals surface area contributed by atoms with Crippen LogP contribution in [0.1, 0.15) is 26.7 Å². The van der Waals surface area contributed by atoms with Gasteiger partial charge in [-0.1, -0.05) is 20.3 Å². The Morgan fingerprint density at radius 3 is 2.19 bits per heavy atom. The van der Waals surface area contributed by atoms with Crippen molar-refractivity contribution in [1.29, 1.82) is 0 Å². The molecule has 0 radical (unpaired) electrons. The quantitative estimate of drug-likeness (QED) is 0.751. The number of hydrogen-bond acceptors (Lipinski definition) is 3. The molecule has 0 aliphatic carbocycles. The Bertz CT molecular complexity index is 276. The lowest BCUT2D eigenvalue weighted by Gasteiger charge is -2.58. The zero-order valence-electron chi connectivity index (χ0n) is 10.6. The highest BCUT2D eigenvalue weighted by Gasteiger charge is 2.58. The van der Waals surface area contributed by atoms with Crippen LogP contribution >= 0.6 is 0 Å². The van der Waals surface area contributed by atoms with E-state index in [1.54, 1.807) is 0 Å². The number of aliphatic hydroxyl groups is 1. The largest absolute Gasteiger partial charge is 0.392 e. The average molecular weight is 224 g/mol. The molecule has 3 heteroatoms. The first-order valence-corrected chi connectivity index (χ1v) is 6.71. The van der Waals surface area contributed by atoms with Crippen molar-refractivity contribution in [1.82, 2.24) is 9.80 Å². The zero-order valence-corrected chi connectivity index (χ0v) is 10.6. The van der Waals surface area contributed by atoms with Crippen LogP contribution in [0, 0.1) is 10.8 Å². The fourth-order valence-corrected chi connectivity index (χ4v) is 4.60. The summed E-state index contributed by atoms with van der Waals surface area (Å²) in [6, 6.07) is 0. The lowest BCUT2D eigenvalue weighted by molar-refractivity contribution is -0.164. The molecule has 0 amide bonds. The van der Waals surface area contributed by atoms with Crippen LogP contribution in [0.15, 0.2) is 0 Å². The Labute approximate surface area is 98.4 Å². The van der Waals surface area contributed by atoms with Gasteiger partial charge >= 0.3 is 0 Å². The van der Waals surface area contributed by atoms with E-state index in [9.17, 15) is 5.11 Å². The maximum atomic E-state index is 10.7. The van der Waals surface area contributed by atoms with Crippen LogP contribution < -0.4 is 0 Å². The van der Waals surface area contributed by atoms with Gasteiger partial charge in [0.25, 0.3) is 0 Å². The van der Waals surface area contributed by atoms with Gasteiger partial charge in [0.05, 0.1) is 6.10 Å². The molecule has 4 rings (SSSR count). The van der Waals surface area contributed by atoms with E-state index in [0.29, 0.717) is 0 Å². The molecule has 16 heavy (non-hydrogen) atoms. The molecule has 4 heterocycles. The van der Waals surface area contributed by atoms with Crippen LogP contribution in [-0.2, 0) is 0 Å². The van der Waals surface area contributed by atoms with Crippen molar-refractivity contribution in [3.05, 3.63) is 0 Å². The summed E-state index contributed by atoms with van der Waals surface area (Å²) in [4.78, 5) is 5.19. The predicted octanol–water partition coefficient (Wildman–Crippen LogP) is 0.785. The molecule has 4 aliphatic heterocycles. The van der Waals surface area contributed by atoms with Crippen molar-refractivity contribution in [2.24, 2.45) is 10.8 Å². The maximum Gasteiger partial charge on any atom is 0.0698 e. The summed E-state index contributed by atoms with van der Waals surface area (Å²) >= 11 is 0. The van der Waals surface area contributed by atoms with Crippen LogP contribution in [0.4, 0.5) is 0 Å². The van der Waals surface area contributed by atoms with E-state index in [0.717, 1.165) is 26.2 Å². The van der Waals surface area contributed by atoms with Gasteiger partial charge in [0.1, 0.15) is 0 Å². The second-order valence-electron chi connectivity index (χ2n) is 6.59. The summed E-state index contributed by atoms with van der Waals surface area (Å²) in [7, 11) is 0. The van der Waals surface area contributed by atoms with E-state index in [4.69, 9.17) is 0 Å². The third kappa shape index (κ3) is 1.38. The standard InChI is InChI=1S/C13H24N2O/c1-3-4-13-9-14-5-6-15(10-13)8-12(2,7-14)11(13)16/h11,16H,3-10H2,1-2H3. The average Bonchev–Trinajstić information content (AvgIpc) is 2.42. The number of nitrogens with zero attached hydrogens (tertiary/aromatic N) is 2. The third-order valence-electron chi connectivity index (χ3n) is 4.97. The van der Waals surface area contributed by atoms with Crippen molar-refractivity contribution >= 4 is 0 Å². The topological polar surface area (TPSA) is 26.7 Å². The minimum absolute atomic E-state index is 0.0921. The van der Waals surface area contributed by atoms with E-state index in [-0.39, 0.29) is 16.9 Å². The molecule has 3 unspecified atom stereocenters. The monoisotopic (exact) mass is 224 g/mol. The molecule has 92 valence electrons. The normalized spacial score (nSPS) is 55.3. The molecule has 4 saturated heterocycles. The Morgan fingerprint density at radius 2 is 1.69 bits per heavy atom. The minimum atomic E-state index is -0.0921. The highest BCUT2D eigenvalue weighted by Crippen LogP contribution is 2.49. The summed E-state index contributed by atoms with van der Waals surface area (Å²) in [6.45, 7) is 11.4. The van der Waals surface area contributed by atoms with Gasteiger partial charge in [0.15, 0.2) is 0 Å². The Hall–Kier alpha value is -0.120. The van der Waals surface area contributed by atoms with Gasteiger partial charge in [-0.25, -0.2) is 0 Å². The van der Waals surface area contributed by atoms with Crippen molar-refractivity contribution in [3.8, 4) is 0 Å². The van der Waals surface area contributed by atoms with Crippen molar-refractivity contribution in [2.45, 2.75) is 32.8 Å². The molecule has 4 aliphatic rings. The second-order valence-corrected chi connectivity index (χ2v) is 6.59. The second kappa shape index (κ2) is 3.44. The smallest absolute Gasteiger partial charge is 0.0698 e. The molecule has 0 saturated carbocycles. The van der Waals surface area contributed by atoms with Gasteiger partial charge in [-0.3, -0.25) is 0 Å². The molecule has 4 bridgehead atoms. The first-order valence-electron chi connectivity index (χ1n) is 6.71. The van der Waals surface area contributed by atoms with E-state index in [1.165, 1.54) is 25.9 Å². The first-order chi connectivity index (χ1) is 7.58. The van der Waals surface area contributed by atoms with Crippen molar-refractivity contribution in [3.63, 3.8) is 0 Å². The Kier molecular flexibility index (Phi) is 2.36. The summed E-state index contributed by atoms with van der Waals surface area (Å²) in [5.74, 6) is 0. The number of aliphatic hydroxyl groups excluding tert-OH is 1. The SMILES string of the molecule is CCCC12CN3CCN(CC(C)(C3)C1O)C2. The summed E-state index contributed by atoms with van der Waals surface area (Å²) < 4.78 is 0. The molecular weight excluding hydrogens is 200 g/mol. The first kappa shape index (κ1) is 11.0. The number of piperidine rings is 2. The molecule has 0 spiro atoms. The van der Waals surface area contributed by atoms with E-state index >= 15 is 0 Å². The van der Waals surface area contributed by atoms with Crippen LogP contribution in [0.3, 0.4) is 0 Å². The van der Waals surface area contributed by atoms with Gasteiger partial charge in [-0.2, -0.15) is 0 Å². The van der Waals surface area contributed by atoms with Crippen LogP contribution in [-0.4, -0.2) is 60.3 Å². The van der Waals surface area contributed by atoms with Gasteiger partial charge in [0, 0.05) is 50.1 Å². The maximum absolute atomic E-state index is 10.7. The number of fused-ring (bicyclic) bond motifs is 1. The zero-order chi connectivity index (χ0) is 11.4. The van der Waals surface area contributed by atoms with Gasteiger partial charge in [-0.05, 0) is 6.42 Å². The van der Waals surface area contributed by atoms with E-state index in [2.05, 4.69) is 23.6 Å².